The zero-order chi connectivity index (χ0) is 13.4. The van der Waals surface area contributed by atoms with E-state index in [4.69, 9.17) is 33.5 Å². The van der Waals surface area contributed by atoms with E-state index in [1.807, 2.05) is 0 Å². The molecule has 0 fully saturated rings. The predicted molar refractivity (Wildman–Crippen MR) is 67.5 cm³/mol. The Morgan fingerprint density at radius 2 is 1.89 bits per heavy atom. The Morgan fingerprint density at radius 3 is 2.58 bits per heavy atom. The number of hydrogen-bond donors (Lipinski definition) is 1. The van der Waals surface area contributed by atoms with E-state index < -0.39 is 0 Å². The number of anilines is 1. The van der Waals surface area contributed by atoms with Crippen molar-refractivity contribution in [1.29, 1.82) is 0 Å². The molecule has 96 valence electrons. The Bertz CT molecular complexity index is 739. The number of hydrogen-bond acceptors (Lipinski definition) is 7. The smallest absolute Gasteiger partial charge is 0.284 e. The number of rotatable bonds is 2. The first-order valence-electron chi connectivity index (χ1n) is 5.02. The molecule has 2 N–H and O–H groups in total. The van der Waals surface area contributed by atoms with Crippen LogP contribution in [0.5, 0.6) is 0 Å². The SMILES string of the molecule is Nc1nonc1-c1nc(-c2ccc(Cl)c(Cl)c2)no1. The summed E-state index contributed by atoms with van der Waals surface area (Å²) in [4.78, 5) is 4.13. The predicted octanol–water partition coefficient (Wildman–Crippen LogP) is 2.68. The van der Waals surface area contributed by atoms with Gasteiger partial charge in [-0.05, 0) is 28.5 Å². The third-order valence-electron chi connectivity index (χ3n) is 2.32. The minimum Gasteiger partial charge on any atom is -0.379 e. The second-order valence-electron chi connectivity index (χ2n) is 3.55. The highest BCUT2D eigenvalue weighted by Gasteiger charge is 2.18. The van der Waals surface area contributed by atoms with Gasteiger partial charge in [0.1, 0.15) is 0 Å². The monoisotopic (exact) mass is 297 g/mol. The first-order valence-corrected chi connectivity index (χ1v) is 5.78. The first kappa shape index (κ1) is 11.9. The molecule has 0 saturated heterocycles. The average molecular weight is 298 g/mol. The summed E-state index contributed by atoms with van der Waals surface area (Å²) in [5, 5.41) is 11.6. The van der Waals surface area contributed by atoms with E-state index in [1.165, 1.54) is 0 Å². The van der Waals surface area contributed by atoms with E-state index in [9.17, 15) is 0 Å². The lowest BCUT2D eigenvalue weighted by molar-refractivity contribution is 0.308. The maximum Gasteiger partial charge on any atom is 0.284 e. The van der Waals surface area contributed by atoms with Crippen LogP contribution in [0, 0.1) is 0 Å². The molecular weight excluding hydrogens is 293 g/mol. The number of benzene rings is 1. The minimum absolute atomic E-state index is 0.0735. The van der Waals surface area contributed by atoms with Crippen LogP contribution >= 0.6 is 23.2 Å². The molecule has 0 spiro atoms. The molecular formula is C10H5Cl2N5O2. The van der Waals surface area contributed by atoms with Gasteiger partial charge in [-0.25, -0.2) is 4.63 Å². The van der Waals surface area contributed by atoms with Crippen LogP contribution in [0.2, 0.25) is 10.0 Å². The van der Waals surface area contributed by atoms with E-state index in [0.29, 0.717) is 21.4 Å². The van der Waals surface area contributed by atoms with E-state index in [-0.39, 0.29) is 17.4 Å². The molecule has 0 saturated carbocycles. The second-order valence-corrected chi connectivity index (χ2v) is 4.36. The zero-order valence-electron chi connectivity index (χ0n) is 9.17. The van der Waals surface area contributed by atoms with Crippen LogP contribution in [0.15, 0.2) is 27.4 Å². The molecule has 1 aromatic carbocycles. The van der Waals surface area contributed by atoms with Crippen molar-refractivity contribution in [3.8, 4) is 23.0 Å². The standard InChI is InChI=1S/C10H5Cl2N5O2/c11-5-2-1-4(3-6(5)12)9-14-10(18-17-9)7-8(13)16-19-15-7/h1-3H,(H2,13,16). The van der Waals surface area contributed by atoms with Crippen molar-refractivity contribution in [1.82, 2.24) is 20.5 Å². The van der Waals surface area contributed by atoms with E-state index in [1.54, 1.807) is 18.2 Å². The Hall–Kier alpha value is -2.12. The zero-order valence-corrected chi connectivity index (χ0v) is 10.7. The average Bonchev–Trinajstić information content (AvgIpc) is 3.01. The number of nitrogens with zero attached hydrogens (tertiary/aromatic N) is 4. The third-order valence-corrected chi connectivity index (χ3v) is 3.06. The van der Waals surface area contributed by atoms with Crippen LogP contribution in [0.3, 0.4) is 0 Å². The topological polar surface area (TPSA) is 104 Å². The molecule has 3 rings (SSSR count). The van der Waals surface area contributed by atoms with Gasteiger partial charge in [-0.15, -0.1) is 0 Å². The summed E-state index contributed by atoms with van der Waals surface area (Å²) >= 11 is 11.8. The Balaban J connectivity index is 2.01. The molecule has 0 unspecified atom stereocenters. The second kappa shape index (κ2) is 4.52. The fourth-order valence-corrected chi connectivity index (χ4v) is 1.71. The summed E-state index contributed by atoms with van der Waals surface area (Å²) in [7, 11) is 0. The van der Waals surface area contributed by atoms with Crippen LogP contribution in [0.4, 0.5) is 5.82 Å². The summed E-state index contributed by atoms with van der Waals surface area (Å²) < 4.78 is 9.49. The summed E-state index contributed by atoms with van der Waals surface area (Å²) in [6.45, 7) is 0. The normalized spacial score (nSPS) is 10.8. The van der Waals surface area contributed by atoms with Gasteiger partial charge in [-0.1, -0.05) is 28.4 Å². The van der Waals surface area contributed by atoms with Crippen molar-refractivity contribution in [2.45, 2.75) is 0 Å². The highest BCUT2D eigenvalue weighted by molar-refractivity contribution is 6.42. The molecule has 0 aliphatic rings. The van der Waals surface area contributed by atoms with Gasteiger partial charge in [-0.3, -0.25) is 0 Å². The van der Waals surface area contributed by atoms with Gasteiger partial charge in [0, 0.05) is 5.56 Å². The van der Waals surface area contributed by atoms with Gasteiger partial charge >= 0.3 is 0 Å². The van der Waals surface area contributed by atoms with Gasteiger partial charge < -0.3 is 10.3 Å². The summed E-state index contributed by atoms with van der Waals surface area (Å²) in [6, 6.07) is 4.98. The molecule has 0 aliphatic carbocycles. The lowest BCUT2D eigenvalue weighted by atomic mass is 10.2. The maximum absolute atomic E-state index is 5.92. The third kappa shape index (κ3) is 2.13. The molecule has 9 heteroatoms. The molecule has 0 aliphatic heterocycles. The number of nitrogens with two attached hydrogens (primary N) is 1. The molecule has 2 heterocycles. The summed E-state index contributed by atoms with van der Waals surface area (Å²) in [5.41, 5.74) is 6.38. The summed E-state index contributed by atoms with van der Waals surface area (Å²) in [5.74, 6) is 0.514. The Labute approximate surface area is 116 Å². The molecule has 0 amide bonds. The van der Waals surface area contributed by atoms with Crippen molar-refractivity contribution >= 4 is 29.0 Å². The Kier molecular flexibility index (Phi) is 2.84. The van der Waals surface area contributed by atoms with Gasteiger partial charge in [0.05, 0.1) is 10.0 Å². The number of halogens is 2. The van der Waals surface area contributed by atoms with Crippen molar-refractivity contribution in [2.24, 2.45) is 0 Å². The van der Waals surface area contributed by atoms with E-state index in [2.05, 4.69) is 25.1 Å². The number of nitrogen functional groups attached to an aromatic ring is 1. The lowest BCUT2D eigenvalue weighted by Crippen LogP contribution is -1.88. The van der Waals surface area contributed by atoms with Crippen molar-refractivity contribution in [3.05, 3.63) is 28.2 Å². The maximum atomic E-state index is 5.92. The lowest BCUT2D eigenvalue weighted by Gasteiger charge is -1.97. The fourth-order valence-electron chi connectivity index (χ4n) is 1.42. The summed E-state index contributed by atoms with van der Waals surface area (Å²) in [6.07, 6.45) is 0. The van der Waals surface area contributed by atoms with Gasteiger partial charge in [0.2, 0.25) is 17.3 Å². The molecule has 19 heavy (non-hydrogen) atoms. The highest BCUT2D eigenvalue weighted by Crippen LogP contribution is 2.28. The quantitative estimate of drug-likeness (QED) is 0.775. The first-order chi connectivity index (χ1) is 9.15. The fraction of sp³-hybridized carbons (Fsp3) is 0. The highest BCUT2D eigenvalue weighted by atomic mass is 35.5. The molecule has 0 bridgehead atoms. The van der Waals surface area contributed by atoms with Gasteiger partial charge in [0.15, 0.2) is 0 Å². The van der Waals surface area contributed by atoms with Gasteiger partial charge in [0.25, 0.3) is 5.89 Å². The molecule has 0 radical (unpaired) electrons. The number of aromatic nitrogens is 4. The van der Waals surface area contributed by atoms with Crippen LogP contribution in [0.25, 0.3) is 23.0 Å². The van der Waals surface area contributed by atoms with Crippen LogP contribution < -0.4 is 5.73 Å². The van der Waals surface area contributed by atoms with E-state index in [0.717, 1.165) is 0 Å². The molecule has 7 nitrogen and oxygen atoms in total. The Morgan fingerprint density at radius 1 is 1.05 bits per heavy atom. The van der Waals surface area contributed by atoms with Crippen LogP contribution in [-0.2, 0) is 0 Å². The molecule has 2 aromatic heterocycles. The van der Waals surface area contributed by atoms with Crippen molar-refractivity contribution in [3.63, 3.8) is 0 Å². The molecule has 0 atom stereocenters. The minimum atomic E-state index is 0.0735. The van der Waals surface area contributed by atoms with Crippen molar-refractivity contribution in [2.75, 3.05) is 5.73 Å². The van der Waals surface area contributed by atoms with Crippen LogP contribution in [-0.4, -0.2) is 20.5 Å². The van der Waals surface area contributed by atoms with E-state index >= 15 is 0 Å². The van der Waals surface area contributed by atoms with Gasteiger partial charge in [-0.2, -0.15) is 4.98 Å². The molecule has 3 aromatic rings. The largest absolute Gasteiger partial charge is 0.379 e. The van der Waals surface area contributed by atoms with Crippen LogP contribution in [0.1, 0.15) is 0 Å². The van der Waals surface area contributed by atoms with Crippen molar-refractivity contribution < 1.29 is 9.15 Å².